The zero-order valence-corrected chi connectivity index (χ0v) is 11.0. The predicted octanol–water partition coefficient (Wildman–Crippen LogP) is -2.88. The van der Waals surface area contributed by atoms with Gasteiger partial charge in [-0.1, -0.05) is 0 Å². The second-order valence-corrected chi connectivity index (χ2v) is 5.01. The van der Waals surface area contributed by atoms with Crippen LogP contribution in [0.1, 0.15) is 6.92 Å². The largest absolute Gasteiger partial charge is 0.477 e. The first kappa shape index (κ1) is 16.0. The van der Waals surface area contributed by atoms with Crippen molar-refractivity contribution in [1.82, 2.24) is 5.32 Å². The monoisotopic (exact) mass is 309 g/mol. The van der Waals surface area contributed by atoms with Crippen molar-refractivity contribution < 1.29 is 43.9 Å². The molecule has 0 unspecified atom stereocenters. The van der Waals surface area contributed by atoms with Crippen LogP contribution in [0.4, 0.5) is 4.39 Å². The molecule has 1 amide bonds. The molecule has 2 aliphatic rings. The fraction of sp³-hybridized carbons (Fsp3) is 0.818. The summed E-state index contributed by atoms with van der Waals surface area (Å²) in [5.41, 5.74) is 0. The van der Waals surface area contributed by atoms with Gasteiger partial charge in [0.05, 0.1) is 12.6 Å². The van der Waals surface area contributed by atoms with E-state index < -0.39 is 60.9 Å². The number of ether oxygens (including phenoxy) is 2. The Morgan fingerprint density at radius 1 is 1.43 bits per heavy atom. The number of carboxylic acid groups (broad SMARTS) is 1. The quantitative estimate of drug-likeness (QED) is 0.372. The zero-order valence-electron chi connectivity index (χ0n) is 11.0. The molecule has 120 valence electrons. The Hall–Kier alpha value is -1.33. The second kappa shape index (κ2) is 5.46. The minimum atomic E-state index is -2.78. The van der Waals surface area contributed by atoms with E-state index in [1.54, 1.807) is 0 Å². The van der Waals surface area contributed by atoms with Crippen molar-refractivity contribution in [3.63, 3.8) is 0 Å². The normalized spacial score (nSPS) is 43.4. The maximum atomic E-state index is 14.2. The summed E-state index contributed by atoms with van der Waals surface area (Å²) in [6, 6.07) is -1.32. The van der Waals surface area contributed by atoms with E-state index in [1.165, 1.54) is 0 Å². The Morgan fingerprint density at radius 2 is 2.05 bits per heavy atom. The lowest BCUT2D eigenvalue weighted by Crippen LogP contribution is -2.66. The number of amides is 1. The highest BCUT2D eigenvalue weighted by molar-refractivity contribution is 5.78. The molecular formula is C11H16FNO8. The summed E-state index contributed by atoms with van der Waals surface area (Å²) in [7, 11) is 0. The Bertz CT molecular complexity index is 448. The molecule has 0 aromatic carbocycles. The van der Waals surface area contributed by atoms with E-state index >= 15 is 0 Å². The van der Waals surface area contributed by atoms with Crippen molar-refractivity contribution in [2.24, 2.45) is 0 Å². The lowest BCUT2D eigenvalue weighted by atomic mass is 9.90. The van der Waals surface area contributed by atoms with Gasteiger partial charge in [0.25, 0.3) is 0 Å². The van der Waals surface area contributed by atoms with Crippen molar-refractivity contribution in [1.29, 1.82) is 0 Å². The number of hydrogen-bond donors (Lipinski definition) is 5. The molecular weight excluding hydrogens is 293 g/mol. The summed E-state index contributed by atoms with van der Waals surface area (Å²) >= 11 is 0. The Balaban J connectivity index is 2.39. The van der Waals surface area contributed by atoms with Crippen LogP contribution in [0.5, 0.6) is 0 Å². The van der Waals surface area contributed by atoms with Gasteiger partial charge < -0.3 is 35.2 Å². The van der Waals surface area contributed by atoms with Crippen LogP contribution >= 0.6 is 0 Å². The van der Waals surface area contributed by atoms with E-state index in [4.69, 9.17) is 19.7 Å². The van der Waals surface area contributed by atoms with Gasteiger partial charge in [-0.2, -0.15) is 0 Å². The van der Waals surface area contributed by atoms with Gasteiger partial charge in [0.2, 0.25) is 5.91 Å². The van der Waals surface area contributed by atoms with Crippen molar-refractivity contribution in [2.75, 3.05) is 6.61 Å². The maximum absolute atomic E-state index is 14.2. The van der Waals surface area contributed by atoms with E-state index in [-0.39, 0.29) is 0 Å². The van der Waals surface area contributed by atoms with Gasteiger partial charge in [0.15, 0.2) is 6.17 Å². The van der Waals surface area contributed by atoms with Crippen molar-refractivity contribution in [3.05, 3.63) is 0 Å². The summed E-state index contributed by atoms with van der Waals surface area (Å²) in [5.74, 6) is -5.20. The highest BCUT2D eigenvalue weighted by atomic mass is 19.1. The minimum Gasteiger partial charge on any atom is -0.477 e. The molecule has 2 aliphatic heterocycles. The van der Waals surface area contributed by atoms with Gasteiger partial charge in [-0.25, -0.2) is 9.18 Å². The number of aliphatic hydroxyl groups is 3. The molecule has 0 aliphatic carbocycles. The number of hydrogen-bond acceptors (Lipinski definition) is 7. The number of alkyl halides is 1. The number of fused-ring (bicyclic) bond motifs is 2. The van der Waals surface area contributed by atoms with Gasteiger partial charge >= 0.3 is 11.8 Å². The number of halogens is 1. The summed E-state index contributed by atoms with van der Waals surface area (Å²) in [6.45, 7) is 0.326. The number of carbonyl (C=O) groups excluding carboxylic acids is 1. The third-order valence-corrected chi connectivity index (χ3v) is 3.57. The molecule has 5 N–H and O–H groups in total. The molecule has 2 fully saturated rings. The van der Waals surface area contributed by atoms with Crippen molar-refractivity contribution in [3.8, 4) is 0 Å². The Labute approximate surface area is 118 Å². The van der Waals surface area contributed by atoms with Gasteiger partial charge in [0.1, 0.15) is 24.4 Å². The number of carboxylic acids is 1. The van der Waals surface area contributed by atoms with Crippen molar-refractivity contribution in [2.45, 2.75) is 49.3 Å². The number of aliphatic carboxylic acids is 1. The third-order valence-electron chi connectivity index (χ3n) is 3.57. The minimum absolute atomic E-state index is 0.609. The number of nitrogens with one attached hydrogen (secondary N) is 1. The summed E-state index contributed by atoms with van der Waals surface area (Å²) in [5, 5.41) is 39.9. The molecule has 21 heavy (non-hydrogen) atoms. The number of rotatable bonds is 4. The van der Waals surface area contributed by atoms with Crippen LogP contribution in [0, 0.1) is 0 Å². The topological polar surface area (TPSA) is 146 Å². The second-order valence-electron chi connectivity index (χ2n) is 5.01. The molecule has 0 radical (unpaired) electrons. The molecule has 0 aromatic rings. The van der Waals surface area contributed by atoms with Crippen LogP contribution in [-0.4, -0.2) is 81.3 Å². The van der Waals surface area contributed by atoms with E-state index in [0.717, 1.165) is 6.92 Å². The molecule has 9 nitrogen and oxygen atoms in total. The van der Waals surface area contributed by atoms with Gasteiger partial charge in [0, 0.05) is 6.92 Å². The molecule has 10 heteroatoms. The molecule has 0 spiro atoms. The van der Waals surface area contributed by atoms with Crippen LogP contribution < -0.4 is 5.32 Å². The summed E-state index contributed by atoms with van der Waals surface area (Å²) < 4.78 is 24.2. The van der Waals surface area contributed by atoms with E-state index in [9.17, 15) is 24.2 Å². The van der Waals surface area contributed by atoms with Gasteiger partial charge in [-0.15, -0.1) is 0 Å². The molecule has 2 heterocycles. The fourth-order valence-electron chi connectivity index (χ4n) is 2.60. The molecule has 2 rings (SSSR count). The SMILES string of the molecule is CC(=O)N[C@@H]1[C@@H](O)[C@@H](F)[C@]2(C(=O)O)O[C@H]1[C@@H]([C@H](O)CO)O2. The van der Waals surface area contributed by atoms with Gasteiger partial charge in [-0.3, -0.25) is 4.79 Å². The maximum Gasteiger partial charge on any atom is 0.367 e. The lowest BCUT2D eigenvalue weighted by molar-refractivity contribution is -0.262. The Morgan fingerprint density at radius 3 is 2.52 bits per heavy atom. The Kier molecular flexibility index (Phi) is 4.17. The van der Waals surface area contributed by atoms with Crippen LogP contribution in [0.3, 0.4) is 0 Å². The zero-order chi connectivity index (χ0) is 15.9. The lowest BCUT2D eigenvalue weighted by Gasteiger charge is -2.39. The molecule has 0 saturated carbocycles. The summed E-state index contributed by atoms with van der Waals surface area (Å²) in [6.07, 6.45) is -8.70. The van der Waals surface area contributed by atoms with Crippen molar-refractivity contribution >= 4 is 11.9 Å². The first-order chi connectivity index (χ1) is 9.74. The highest BCUT2D eigenvalue weighted by Crippen LogP contribution is 2.43. The van der Waals surface area contributed by atoms with Crippen LogP contribution in [-0.2, 0) is 19.1 Å². The first-order valence-corrected chi connectivity index (χ1v) is 6.21. The van der Waals surface area contributed by atoms with Crippen LogP contribution in [0.15, 0.2) is 0 Å². The number of aliphatic hydroxyl groups excluding tert-OH is 3. The first-order valence-electron chi connectivity index (χ1n) is 6.21. The molecule has 0 aromatic heterocycles. The number of carbonyl (C=O) groups is 2. The average molecular weight is 309 g/mol. The highest BCUT2D eigenvalue weighted by Gasteiger charge is 2.69. The van der Waals surface area contributed by atoms with Crippen LogP contribution in [0.25, 0.3) is 0 Å². The van der Waals surface area contributed by atoms with Crippen LogP contribution in [0.2, 0.25) is 0 Å². The summed E-state index contributed by atoms with van der Waals surface area (Å²) in [4.78, 5) is 22.4. The average Bonchev–Trinajstić information content (AvgIpc) is 2.79. The molecule has 7 atom stereocenters. The molecule has 2 bridgehead atoms. The van der Waals surface area contributed by atoms with E-state index in [1.807, 2.05) is 0 Å². The third kappa shape index (κ3) is 2.38. The van der Waals surface area contributed by atoms with E-state index in [0.29, 0.717) is 0 Å². The van der Waals surface area contributed by atoms with E-state index in [2.05, 4.69) is 5.32 Å². The predicted molar refractivity (Wildman–Crippen MR) is 61.7 cm³/mol. The smallest absolute Gasteiger partial charge is 0.367 e. The fourth-order valence-corrected chi connectivity index (χ4v) is 2.60. The van der Waals surface area contributed by atoms with Gasteiger partial charge in [-0.05, 0) is 0 Å². The molecule has 2 saturated heterocycles. The standard InChI is InChI=1S/C11H16FNO8/c1-3(15)13-5-6(17)9(12)11(10(18)19)20-7(4(16)2-14)8(5)21-11/h4-9,14,16-17H,2H2,1H3,(H,13,15)(H,18,19)/t4-,5-,6-,7-,8-,9-,11-/m1/s1.